The van der Waals surface area contributed by atoms with Gasteiger partial charge in [-0.3, -0.25) is 14.5 Å². The van der Waals surface area contributed by atoms with Crippen molar-refractivity contribution in [3.05, 3.63) is 64.6 Å². The van der Waals surface area contributed by atoms with Gasteiger partial charge >= 0.3 is 5.97 Å². The predicted octanol–water partition coefficient (Wildman–Crippen LogP) is 2.96. The van der Waals surface area contributed by atoms with E-state index < -0.39 is 11.9 Å². The SMILES string of the molecule is CCN1C(=O)C(=Cc2ccc(OCC(N)=O)cc2)SC1=Nc1ccc(C(=O)OC)cc1. The average Bonchev–Trinajstić information content (AvgIpc) is 3.06. The number of likely N-dealkylation sites (N-methyl/N-ethyl adjacent to an activating group) is 1. The number of thioether (sulfide) groups is 1. The number of rotatable bonds is 7. The van der Waals surface area contributed by atoms with Crippen molar-refractivity contribution < 1.29 is 23.9 Å². The van der Waals surface area contributed by atoms with Crippen molar-refractivity contribution in [2.45, 2.75) is 6.92 Å². The highest BCUT2D eigenvalue weighted by molar-refractivity contribution is 8.18. The zero-order valence-electron chi connectivity index (χ0n) is 17.0. The molecule has 2 aromatic rings. The molecule has 1 heterocycles. The van der Waals surface area contributed by atoms with Gasteiger partial charge in [-0.15, -0.1) is 0 Å². The molecule has 2 N–H and O–H groups in total. The van der Waals surface area contributed by atoms with Crippen LogP contribution in [0.1, 0.15) is 22.8 Å². The van der Waals surface area contributed by atoms with Crippen LogP contribution in [0.3, 0.4) is 0 Å². The number of esters is 1. The largest absolute Gasteiger partial charge is 0.484 e. The van der Waals surface area contributed by atoms with E-state index in [0.717, 1.165) is 5.56 Å². The topological polar surface area (TPSA) is 111 Å². The van der Waals surface area contributed by atoms with E-state index in [9.17, 15) is 14.4 Å². The van der Waals surface area contributed by atoms with Crippen LogP contribution in [0.5, 0.6) is 5.75 Å². The summed E-state index contributed by atoms with van der Waals surface area (Å²) in [7, 11) is 1.33. The highest BCUT2D eigenvalue weighted by atomic mass is 32.2. The average molecular weight is 439 g/mol. The Labute approximate surface area is 183 Å². The van der Waals surface area contributed by atoms with Crippen LogP contribution in [-0.4, -0.2) is 48.1 Å². The summed E-state index contributed by atoms with van der Waals surface area (Å²) in [4.78, 5) is 41.8. The first kappa shape index (κ1) is 22.1. The Bertz CT molecular complexity index is 1050. The third-order valence-corrected chi connectivity index (χ3v) is 5.28. The molecule has 0 radical (unpaired) electrons. The molecule has 160 valence electrons. The Morgan fingerprint density at radius 3 is 2.39 bits per heavy atom. The van der Waals surface area contributed by atoms with Gasteiger partial charge in [0.15, 0.2) is 11.8 Å². The van der Waals surface area contributed by atoms with Crippen molar-refractivity contribution in [1.82, 2.24) is 4.90 Å². The van der Waals surface area contributed by atoms with Gasteiger partial charge in [0.05, 0.1) is 23.3 Å². The highest BCUT2D eigenvalue weighted by Crippen LogP contribution is 2.34. The number of methoxy groups -OCH3 is 1. The van der Waals surface area contributed by atoms with E-state index >= 15 is 0 Å². The van der Waals surface area contributed by atoms with Crippen LogP contribution in [-0.2, 0) is 14.3 Å². The summed E-state index contributed by atoms with van der Waals surface area (Å²) >= 11 is 1.28. The van der Waals surface area contributed by atoms with Gasteiger partial charge in [0.2, 0.25) is 0 Å². The Balaban J connectivity index is 1.78. The van der Waals surface area contributed by atoms with E-state index in [1.54, 1.807) is 59.5 Å². The lowest BCUT2D eigenvalue weighted by Crippen LogP contribution is -2.28. The highest BCUT2D eigenvalue weighted by Gasteiger charge is 2.32. The second-order valence-corrected chi connectivity index (χ2v) is 7.43. The van der Waals surface area contributed by atoms with E-state index in [1.807, 2.05) is 6.92 Å². The van der Waals surface area contributed by atoms with Crippen molar-refractivity contribution in [3.63, 3.8) is 0 Å². The summed E-state index contributed by atoms with van der Waals surface area (Å²) in [5.74, 6) is -0.590. The standard InChI is InChI=1S/C22H21N3O5S/c1-3-25-20(27)18(12-14-4-10-17(11-5-14)30-13-19(23)26)31-22(25)24-16-8-6-15(7-9-16)21(28)29-2/h4-12H,3,13H2,1-2H3,(H2,23,26). The van der Waals surface area contributed by atoms with Gasteiger partial charge in [-0.25, -0.2) is 9.79 Å². The maximum absolute atomic E-state index is 12.8. The number of amidine groups is 1. The quantitative estimate of drug-likeness (QED) is 0.524. The van der Waals surface area contributed by atoms with Crippen LogP contribution in [0.2, 0.25) is 0 Å². The predicted molar refractivity (Wildman–Crippen MR) is 119 cm³/mol. The number of ether oxygens (including phenoxy) is 2. The van der Waals surface area contributed by atoms with Crippen molar-refractivity contribution in [2.75, 3.05) is 20.3 Å². The minimum Gasteiger partial charge on any atom is -0.484 e. The van der Waals surface area contributed by atoms with Gasteiger partial charge in [-0.05, 0) is 66.7 Å². The molecule has 2 amide bonds. The van der Waals surface area contributed by atoms with E-state index in [-0.39, 0.29) is 12.5 Å². The minimum absolute atomic E-state index is 0.133. The fraction of sp³-hybridized carbons (Fsp3) is 0.182. The normalized spacial score (nSPS) is 16.1. The molecule has 1 aliphatic rings. The molecule has 0 unspecified atom stereocenters. The zero-order valence-corrected chi connectivity index (χ0v) is 17.8. The van der Waals surface area contributed by atoms with Crippen LogP contribution in [0.25, 0.3) is 6.08 Å². The first-order chi connectivity index (χ1) is 14.9. The second kappa shape index (κ2) is 9.94. The molecule has 8 nitrogen and oxygen atoms in total. The molecule has 9 heteroatoms. The number of aliphatic imine (C=N–C) groups is 1. The summed E-state index contributed by atoms with van der Waals surface area (Å²) in [6.45, 7) is 2.16. The molecule has 31 heavy (non-hydrogen) atoms. The summed E-state index contributed by atoms with van der Waals surface area (Å²) in [5, 5.41) is 0.561. The third kappa shape index (κ3) is 5.52. The fourth-order valence-electron chi connectivity index (χ4n) is 2.74. The molecular weight excluding hydrogens is 418 g/mol. The van der Waals surface area contributed by atoms with Crippen molar-refractivity contribution >= 4 is 46.5 Å². The molecule has 0 bridgehead atoms. The summed E-state index contributed by atoms with van der Waals surface area (Å²) in [5.41, 5.74) is 6.93. The van der Waals surface area contributed by atoms with Crippen LogP contribution in [0, 0.1) is 0 Å². The molecule has 3 rings (SSSR count). The van der Waals surface area contributed by atoms with Crippen molar-refractivity contribution in [2.24, 2.45) is 10.7 Å². The first-order valence-corrected chi connectivity index (χ1v) is 10.2. The fourth-order valence-corrected chi connectivity index (χ4v) is 3.80. The maximum Gasteiger partial charge on any atom is 0.337 e. The molecule has 2 aromatic carbocycles. The number of benzene rings is 2. The molecule has 1 fully saturated rings. The minimum atomic E-state index is -0.550. The van der Waals surface area contributed by atoms with Crippen molar-refractivity contribution in [1.29, 1.82) is 0 Å². The molecule has 0 saturated carbocycles. The van der Waals surface area contributed by atoms with Gasteiger partial charge in [-0.2, -0.15) is 0 Å². The van der Waals surface area contributed by atoms with Crippen LogP contribution < -0.4 is 10.5 Å². The second-order valence-electron chi connectivity index (χ2n) is 6.42. The molecular formula is C22H21N3O5S. The van der Waals surface area contributed by atoms with Gasteiger partial charge < -0.3 is 15.2 Å². The van der Waals surface area contributed by atoms with Crippen molar-refractivity contribution in [3.8, 4) is 5.75 Å². The van der Waals surface area contributed by atoms with Crippen LogP contribution in [0.15, 0.2) is 58.4 Å². The molecule has 0 aromatic heterocycles. The lowest BCUT2D eigenvalue weighted by molar-refractivity contribution is -0.122. The van der Waals surface area contributed by atoms with Gasteiger partial charge in [-0.1, -0.05) is 12.1 Å². The van der Waals surface area contributed by atoms with Crippen LogP contribution >= 0.6 is 11.8 Å². The molecule has 1 saturated heterocycles. The number of amides is 2. The number of carbonyl (C=O) groups is 3. The number of nitrogens with zero attached hydrogens (tertiary/aromatic N) is 2. The third-order valence-electron chi connectivity index (χ3n) is 4.28. The van der Waals surface area contributed by atoms with Gasteiger partial charge in [0, 0.05) is 6.54 Å². The summed E-state index contributed by atoms with van der Waals surface area (Å²) in [6.07, 6.45) is 1.77. The number of nitrogens with two attached hydrogens (primary N) is 1. The summed E-state index contributed by atoms with van der Waals surface area (Å²) in [6, 6.07) is 13.6. The molecule has 0 aliphatic carbocycles. The zero-order chi connectivity index (χ0) is 22.4. The van der Waals surface area contributed by atoms with E-state index in [1.165, 1.54) is 18.9 Å². The van der Waals surface area contributed by atoms with E-state index in [2.05, 4.69) is 4.99 Å². The molecule has 0 spiro atoms. The smallest absolute Gasteiger partial charge is 0.337 e. The summed E-state index contributed by atoms with van der Waals surface area (Å²) < 4.78 is 9.93. The van der Waals surface area contributed by atoms with Gasteiger partial charge in [0.25, 0.3) is 11.8 Å². The Kier molecular flexibility index (Phi) is 7.09. The molecule has 1 aliphatic heterocycles. The number of hydrogen-bond acceptors (Lipinski definition) is 7. The van der Waals surface area contributed by atoms with E-state index in [4.69, 9.17) is 15.2 Å². The number of carbonyl (C=O) groups excluding carboxylic acids is 3. The van der Waals surface area contributed by atoms with Gasteiger partial charge in [0.1, 0.15) is 5.75 Å². The lowest BCUT2D eigenvalue weighted by Gasteiger charge is -2.12. The Morgan fingerprint density at radius 2 is 1.81 bits per heavy atom. The van der Waals surface area contributed by atoms with Crippen LogP contribution in [0.4, 0.5) is 5.69 Å². The Hall–Kier alpha value is -3.59. The lowest BCUT2D eigenvalue weighted by atomic mass is 10.2. The maximum atomic E-state index is 12.8. The molecule has 0 atom stereocenters. The van der Waals surface area contributed by atoms with E-state index in [0.29, 0.717) is 33.6 Å². The first-order valence-electron chi connectivity index (χ1n) is 9.41. The number of hydrogen-bond donors (Lipinski definition) is 1. The monoisotopic (exact) mass is 439 g/mol. The number of primary amides is 1. The Morgan fingerprint density at radius 1 is 1.13 bits per heavy atom.